The van der Waals surface area contributed by atoms with Gasteiger partial charge in [0.05, 0.1) is 17.5 Å². The predicted octanol–water partition coefficient (Wildman–Crippen LogP) is 4.24. The molecular weight excluding hydrogens is 374 g/mol. The number of non-ortho nitro benzene ring substituents is 1. The van der Waals surface area contributed by atoms with Crippen molar-refractivity contribution in [3.05, 3.63) is 92.2 Å². The van der Waals surface area contributed by atoms with Crippen LogP contribution in [0.4, 0.5) is 11.4 Å². The fraction of sp³-hybridized carbons (Fsp3) is 0.190. The number of carbonyl (C=O) groups is 1. The Kier molecular flexibility index (Phi) is 5.18. The Hall–Kier alpha value is -3.03. The molecule has 142 valence electrons. The average Bonchev–Trinajstić information content (AvgIpc) is 3.17. The minimum atomic E-state index is -0.468. The molecule has 0 unspecified atom stereocenters. The number of benzene rings is 2. The minimum absolute atomic E-state index is 0.0343. The molecule has 1 amide bonds. The number of carbonyl (C=O) groups excluding carboxylic acids is 1. The van der Waals surface area contributed by atoms with E-state index in [-0.39, 0.29) is 24.2 Å². The molecule has 0 radical (unpaired) electrons. The van der Waals surface area contributed by atoms with Gasteiger partial charge in [0.2, 0.25) is 5.91 Å². The van der Waals surface area contributed by atoms with Crippen molar-refractivity contribution in [2.75, 3.05) is 18.4 Å². The molecule has 1 aromatic heterocycles. The highest BCUT2D eigenvalue weighted by Crippen LogP contribution is 2.37. The zero-order valence-electron chi connectivity index (χ0n) is 15.1. The molecule has 0 fully saturated rings. The molecule has 2 aromatic carbocycles. The third-order valence-corrected chi connectivity index (χ3v) is 5.86. The van der Waals surface area contributed by atoms with Gasteiger partial charge in [0.25, 0.3) is 5.69 Å². The lowest BCUT2D eigenvalue weighted by Gasteiger charge is -2.35. The van der Waals surface area contributed by atoms with Gasteiger partial charge >= 0.3 is 0 Å². The molecule has 2 heterocycles. The molecule has 0 spiro atoms. The van der Waals surface area contributed by atoms with Crippen molar-refractivity contribution in [1.29, 1.82) is 0 Å². The van der Waals surface area contributed by atoms with Crippen LogP contribution in [-0.2, 0) is 11.2 Å². The van der Waals surface area contributed by atoms with E-state index in [0.29, 0.717) is 5.69 Å². The summed E-state index contributed by atoms with van der Waals surface area (Å²) in [6, 6.07) is 18.4. The highest BCUT2D eigenvalue weighted by Gasteiger charge is 2.30. The molecule has 1 atom stereocenters. The molecule has 6 nitrogen and oxygen atoms in total. The highest BCUT2D eigenvalue weighted by molar-refractivity contribution is 7.10. The SMILES string of the molecule is O=C(CN1CCc2sccc2[C@@H]1c1ccccc1)Nc1cccc([N+](=O)[O-])c1. The van der Waals surface area contributed by atoms with E-state index < -0.39 is 4.92 Å². The highest BCUT2D eigenvalue weighted by atomic mass is 32.1. The van der Waals surface area contributed by atoms with Gasteiger partial charge in [0, 0.05) is 29.2 Å². The first kappa shape index (κ1) is 18.3. The monoisotopic (exact) mass is 393 g/mol. The lowest BCUT2D eigenvalue weighted by Crippen LogP contribution is -2.40. The summed E-state index contributed by atoms with van der Waals surface area (Å²) in [7, 11) is 0. The maximum atomic E-state index is 12.7. The Labute approximate surface area is 166 Å². The van der Waals surface area contributed by atoms with Gasteiger partial charge in [0.1, 0.15) is 0 Å². The number of nitrogens with one attached hydrogen (secondary N) is 1. The zero-order chi connectivity index (χ0) is 19.5. The van der Waals surface area contributed by atoms with Gasteiger partial charge in [-0.15, -0.1) is 11.3 Å². The van der Waals surface area contributed by atoms with Crippen LogP contribution < -0.4 is 5.32 Å². The first-order valence-corrected chi connectivity index (χ1v) is 9.89. The van der Waals surface area contributed by atoms with E-state index in [4.69, 9.17) is 0 Å². The van der Waals surface area contributed by atoms with Crippen molar-refractivity contribution < 1.29 is 9.72 Å². The quantitative estimate of drug-likeness (QED) is 0.520. The summed E-state index contributed by atoms with van der Waals surface area (Å²) in [5.41, 5.74) is 2.81. The number of amides is 1. The second-order valence-corrected chi connectivity index (χ2v) is 7.69. The first-order valence-electron chi connectivity index (χ1n) is 9.01. The van der Waals surface area contributed by atoms with Crippen molar-refractivity contribution in [2.24, 2.45) is 0 Å². The van der Waals surface area contributed by atoms with Crippen molar-refractivity contribution in [3.63, 3.8) is 0 Å². The van der Waals surface area contributed by atoms with E-state index in [1.807, 2.05) is 18.2 Å². The van der Waals surface area contributed by atoms with Gasteiger partial charge in [-0.3, -0.25) is 19.8 Å². The summed E-state index contributed by atoms with van der Waals surface area (Å²) in [5, 5.41) is 15.8. The summed E-state index contributed by atoms with van der Waals surface area (Å²) in [4.78, 5) is 26.7. The van der Waals surface area contributed by atoms with Gasteiger partial charge in [0.15, 0.2) is 0 Å². The molecular formula is C21H19N3O3S. The van der Waals surface area contributed by atoms with Crippen LogP contribution in [-0.4, -0.2) is 28.8 Å². The third kappa shape index (κ3) is 3.81. The number of nitrogens with zero attached hydrogens (tertiary/aromatic N) is 2. The van der Waals surface area contributed by atoms with Gasteiger partial charge in [-0.25, -0.2) is 0 Å². The Morgan fingerprint density at radius 3 is 2.79 bits per heavy atom. The number of thiophene rings is 1. The Balaban J connectivity index is 1.54. The summed E-state index contributed by atoms with van der Waals surface area (Å²) in [5.74, 6) is -0.180. The van der Waals surface area contributed by atoms with E-state index in [1.54, 1.807) is 23.5 Å². The normalized spacial score (nSPS) is 16.4. The van der Waals surface area contributed by atoms with Crippen molar-refractivity contribution in [2.45, 2.75) is 12.5 Å². The standard InChI is InChI=1S/C21H19N3O3S/c25-20(22-16-7-4-8-17(13-16)24(26)27)14-23-11-9-19-18(10-12-28-19)21(23)15-5-2-1-3-6-15/h1-8,10,12-13,21H,9,11,14H2,(H,22,25)/t21-/m0/s1. The maximum absolute atomic E-state index is 12.7. The number of fused-ring (bicyclic) bond motifs is 1. The minimum Gasteiger partial charge on any atom is -0.325 e. The van der Waals surface area contributed by atoms with E-state index in [1.165, 1.54) is 22.6 Å². The Morgan fingerprint density at radius 2 is 2.00 bits per heavy atom. The zero-order valence-corrected chi connectivity index (χ0v) is 15.9. The van der Waals surface area contributed by atoms with Gasteiger partial charge < -0.3 is 5.32 Å². The molecule has 0 saturated heterocycles. The van der Waals surface area contributed by atoms with Crippen LogP contribution in [0, 0.1) is 10.1 Å². The number of nitro groups is 1. The predicted molar refractivity (Wildman–Crippen MR) is 110 cm³/mol. The van der Waals surface area contributed by atoms with E-state index in [9.17, 15) is 14.9 Å². The lowest BCUT2D eigenvalue weighted by atomic mass is 9.93. The van der Waals surface area contributed by atoms with Crippen LogP contribution in [0.3, 0.4) is 0 Å². The van der Waals surface area contributed by atoms with E-state index in [2.05, 4.69) is 33.8 Å². The molecule has 28 heavy (non-hydrogen) atoms. The summed E-state index contributed by atoms with van der Waals surface area (Å²) in [6.45, 7) is 1.01. The van der Waals surface area contributed by atoms with Crippen LogP contribution in [0.15, 0.2) is 66.0 Å². The van der Waals surface area contributed by atoms with Crippen LogP contribution in [0.5, 0.6) is 0 Å². The molecule has 1 aliphatic heterocycles. The maximum Gasteiger partial charge on any atom is 0.271 e. The molecule has 0 bridgehead atoms. The van der Waals surface area contributed by atoms with Gasteiger partial charge in [-0.05, 0) is 35.1 Å². The van der Waals surface area contributed by atoms with Crippen LogP contribution in [0.2, 0.25) is 0 Å². The molecule has 0 saturated carbocycles. The lowest BCUT2D eigenvalue weighted by molar-refractivity contribution is -0.384. The van der Waals surface area contributed by atoms with Gasteiger partial charge in [-0.1, -0.05) is 36.4 Å². The van der Waals surface area contributed by atoms with Crippen LogP contribution in [0.1, 0.15) is 22.0 Å². The summed E-state index contributed by atoms with van der Waals surface area (Å²) >= 11 is 1.76. The fourth-order valence-electron chi connectivity index (χ4n) is 3.65. The van der Waals surface area contributed by atoms with Crippen LogP contribution in [0.25, 0.3) is 0 Å². The summed E-state index contributed by atoms with van der Waals surface area (Å²) in [6.07, 6.45) is 0.917. The van der Waals surface area contributed by atoms with E-state index >= 15 is 0 Å². The van der Waals surface area contributed by atoms with Gasteiger partial charge in [-0.2, -0.15) is 0 Å². The third-order valence-electron chi connectivity index (χ3n) is 4.87. The molecule has 3 aromatic rings. The van der Waals surface area contributed by atoms with Crippen molar-refractivity contribution in [1.82, 2.24) is 4.90 Å². The molecule has 4 rings (SSSR count). The van der Waals surface area contributed by atoms with Crippen molar-refractivity contribution >= 4 is 28.6 Å². The topological polar surface area (TPSA) is 75.5 Å². The second-order valence-electron chi connectivity index (χ2n) is 6.69. The smallest absolute Gasteiger partial charge is 0.271 e. The van der Waals surface area contributed by atoms with Crippen LogP contribution >= 0.6 is 11.3 Å². The average molecular weight is 393 g/mol. The molecule has 1 N–H and O–H groups in total. The molecule has 1 aliphatic rings. The molecule has 0 aliphatic carbocycles. The number of rotatable bonds is 5. The second kappa shape index (κ2) is 7.92. The van der Waals surface area contributed by atoms with Crippen molar-refractivity contribution in [3.8, 4) is 0 Å². The largest absolute Gasteiger partial charge is 0.325 e. The Bertz CT molecular complexity index is 1000. The fourth-order valence-corrected chi connectivity index (χ4v) is 4.55. The number of hydrogen-bond donors (Lipinski definition) is 1. The van der Waals surface area contributed by atoms with E-state index in [0.717, 1.165) is 18.5 Å². The summed E-state index contributed by atoms with van der Waals surface area (Å²) < 4.78 is 0. The number of anilines is 1. The Morgan fingerprint density at radius 1 is 1.18 bits per heavy atom. The first-order chi connectivity index (χ1) is 13.6. The number of hydrogen-bond acceptors (Lipinski definition) is 5. The molecule has 7 heteroatoms. The number of nitro benzene ring substituents is 1.